The summed E-state index contributed by atoms with van der Waals surface area (Å²) in [4.78, 5) is 12.5. The van der Waals surface area contributed by atoms with Gasteiger partial charge < -0.3 is 27.9 Å². The number of likely N-dealkylation sites (N-methyl/N-ethyl adjacent to an activating group) is 1. The van der Waals surface area contributed by atoms with Gasteiger partial charge in [0.2, 0.25) is 0 Å². The van der Waals surface area contributed by atoms with E-state index in [1.54, 1.807) is 0 Å². The monoisotopic (exact) mass is 806 g/mol. The Morgan fingerprint density at radius 1 is 0.571 bits per heavy atom. The Morgan fingerprint density at radius 2 is 0.964 bits per heavy atom. The SMILES string of the molecule is C/C(=C\CC/C(C)=C/COC[C@H](COP(=O)([O-])OCC[N+](C)(C)C)OC/C=C(\C)CC/C=C(\C)CC/C=C(\C)CCCC(C)C)CC/C=C(\C)CCCC(C)C. The lowest BCUT2D eigenvalue weighted by molar-refractivity contribution is -0.870. The first-order valence-electron chi connectivity index (χ1n) is 21.8. The minimum atomic E-state index is -4.47. The third-order valence-electron chi connectivity index (χ3n) is 9.88. The molecule has 0 aliphatic carbocycles. The molecule has 0 aliphatic heterocycles. The maximum Gasteiger partial charge on any atom is 0.268 e. The molecule has 0 aromatic rings. The fraction of sp³-hybridized carbons (Fsp3) is 0.750. The topological polar surface area (TPSA) is 77.1 Å². The smallest absolute Gasteiger partial charge is 0.268 e. The van der Waals surface area contributed by atoms with Crippen LogP contribution in [0, 0.1) is 11.8 Å². The lowest BCUT2D eigenvalue weighted by Crippen LogP contribution is -2.37. The summed E-state index contributed by atoms with van der Waals surface area (Å²) in [5.41, 5.74) is 8.39. The predicted molar refractivity (Wildman–Crippen MR) is 240 cm³/mol. The summed E-state index contributed by atoms with van der Waals surface area (Å²) in [6.45, 7) is 23.8. The van der Waals surface area contributed by atoms with Crippen LogP contribution in [-0.4, -0.2) is 71.3 Å². The molecule has 0 rings (SSSR count). The van der Waals surface area contributed by atoms with E-state index >= 15 is 0 Å². The van der Waals surface area contributed by atoms with E-state index in [0.717, 1.165) is 63.2 Å². The maximum atomic E-state index is 12.5. The van der Waals surface area contributed by atoms with Gasteiger partial charge in [0.1, 0.15) is 19.3 Å². The molecule has 0 bridgehead atoms. The molecule has 0 aromatic heterocycles. The van der Waals surface area contributed by atoms with Gasteiger partial charge in [0, 0.05) is 0 Å². The molecular weight excluding hydrogens is 718 g/mol. The van der Waals surface area contributed by atoms with E-state index in [1.165, 1.54) is 72.0 Å². The standard InChI is InChI=1S/C48H88NO6P/c1-40(2)20-14-22-42(5)24-16-26-44(7)28-18-30-46(9)32-35-52-38-48(39-55-56(50,51)54-37-34-49(11,12)13)53-36-33-47(10)31-19-29-45(8)27-17-25-43(6)23-15-21-41(3)4/h24-25,28-29,32-33,40-41,48H,14-23,26-27,30-31,34-39H2,1-13H3/b42-24+,43-25+,44-28+,45-29+,46-32+,47-33+/t48-/m1/s1. The number of hydrogen-bond acceptors (Lipinski definition) is 6. The van der Waals surface area contributed by atoms with E-state index in [2.05, 4.69) is 106 Å². The highest BCUT2D eigenvalue weighted by Gasteiger charge is 2.17. The normalized spacial score (nSPS) is 16.0. The Balaban J connectivity index is 4.95. The molecule has 56 heavy (non-hydrogen) atoms. The van der Waals surface area contributed by atoms with Crippen LogP contribution in [0.4, 0.5) is 0 Å². The van der Waals surface area contributed by atoms with Gasteiger partial charge in [0.25, 0.3) is 7.82 Å². The van der Waals surface area contributed by atoms with Crippen molar-refractivity contribution in [3.05, 3.63) is 69.9 Å². The van der Waals surface area contributed by atoms with E-state index in [1.807, 2.05) is 21.1 Å². The van der Waals surface area contributed by atoms with Gasteiger partial charge in [-0.1, -0.05) is 110 Å². The van der Waals surface area contributed by atoms with Gasteiger partial charge >= 0.3 is 0 Å². The summed E-state index contributed by atoms with van der Waals surface area (Å²) in [6.07, 6.45) is 29.1. The van der Waals surface area contributed by atoms with Crippen molar-refractivity contribution in [3.8, 4) is 0 Å². The van der Waals surface area contributed by atoms with Gasteiger partial charge in [-0.2, -0.15) is 0 Å². The third kappa shape index (κ3) is 36.7. The van der Waals surface area contributed by atoms with Crippen LogP contribution in [0.2, 0.25) is 0 Å². The molecule has 0 heterocycles. The zero-order valence-electron chi connectivity index (χ0n) is 38.7. The lowest BCUT2D eigenvalue weighted by atomic mass is 10.0. The zero-order valence-corrected chi connectivity index (χ0v) is 39.6. The predicted octanol–water partition coefficient (Wildman–Crippen LogP) is 13.0. The minimum absolute atomic E-state index is 0.0605. The molecule has 0 saturated carbocycles. The summed E-state index contributed by atoms with van der Waals surface area (Å²) in [5, 5.41) is 0. The van der Waals surface area contributed by atoms with E-state index in [-0.39, 0.29) is 19.8 Å². The molecule has 0 saturated heterocycles. The third-order valence-corrected chi connectivity index (χ3v) is 10.8. The van der Waals surface area contributed by atoms with Crippen LogP contribution in [0.25, 0.3) is 0 Å². The Hall–Kier alpha value is -1.57. The molecule has 0 amide bonds. The number of phosphoric acid groups is 1. The van der Waals surface area contributed by atoms with E-state index in [9.17, 15) is 9.46 Å². The van der Waals surface area contributed by atoms with Crippen LogP contribution in [-0.2, 0) is 23.1 Å². The minimum Gasteiger partial charge on any atom is -0.756 e. The first-order chi connectivity index (χ1) is 26.3. The number of phosphoric ester groups is 1. The fourth-order valence-corrected chi connectivity index (χ4v) is 6.61. The van der Waals surface area contributed by atoms with Gasteiger partial charge in [-0.05, 0) is 130 Å². The van der Waals surface area contributed by atoms with Crippen molar-refractivity contribution in [2.24, 2.45) is 11.8 Å². The van der Waals surface area contributed by atoms with Crippen molar-refractivity contribution in [2.45, 2.75) is 165 Å². The van der Waals surface area contributed by atoms with Crippen molar-refractivity contribution < 1.29 is 32.5 Å². The molecule has 2 atom stereocenters. The first kappa shape index (κ1) is 54.4. The lowest BCUT2D eigenvalue weighted by Gasteiger charge is -2.28. The summed E-state index contributed by atoms with van der Waals surface area (Å²) in [6, 6.07) is 0. The Morgan fingerprint density at radius 3 is 1.38 bits per heavy atom. The average Bonchev–Trinajstić information content (AvgIpc) is 3.07. The first-order valence-corrected chi connectivity index (χ1v) is 23.3. The summed E-state index contributed by atoms with van der Waals surface area (Å²) >= 11 is 0. The van der Waals surface area contributed by atoms with Gasteiger partial charge in [0.05, 0.1) is 47.6 Å². The highest BCUT2D eigenvalue weighted by molar-refractivity contribution is 7.45. The van der Waals surface area contributed by atoms with Crippen molar-refractivity contribution in [3.63, 3.8) is 0 Å². The molecule has 0 N–H and O–H groups in total. The fourth-order valence-electron chi connectivity index (χ4n) is 5.89. The quantitative estimate of drug-likeness (QED) is 0.0279. The van der Waals surface area contributed by atoms with Crippen LogP contribution < -0.4 is 4.89 Å². The second-order valence-electron chi connectivity index (χ2n) is 18.1. The molecule has 0 radical (unpaired) electrons. The van der Waals surface area contributed by atoms with Gasteiger partial charge in [-0.3, -0.25) is 4.57 Å². The Kier molecular flexibility index (Phi) is 31.4. The highest BCUT2D eigenvalue weighted by atomic mass is 31.2. The molecule has 8 heteroatoms. The van der Waals surface area contributed by atoms with Crippen LogP contribution >= 0.6 is 7.82 Å². The molecule has 0 aliphatic rings. The maximum absolute atomic E-state index is 12.5. The number of allylic oxidation sites excluding steroid dienone is 10. The Bertz CT molecular complexity index is 1270. The number of hydrogen-bond donors (Lipinski definition) is 0. The largest absolute Gasteiger partial charge is 0.756 e. The summed E-state index contributed by atoms with van der Waals surface area (Å²) in [5.74, 6) is 1.56. The van der Waals surface area contributed by atoms with Crippen LogP contribution in [0.15, 0.2) is 69.9 Å². The molecule has 1 unspecified atom stereocenters. The van der Waals surface area contributed by atoms with Crippen molar-refractivity contribution in [1.29, 1.82) is 0 Å². The van der Waals surface area contributed by atoms with Gasteiger partial charge in [-0.25, -0.2) is 0 Å². The van der Waals surface area contributed by atoms with E-state index in [0.29, 0.717) is 24.2 Å². The second kappa shape index (κ2) is 32.3. The molecule has 0 spiro atoms. The summed E-state index contributed by atoms with van der Waals surface area (Å²) in [7, 11) is 1.47. The molecule has 7 nitrogen and oxygen atoms in total. The number of nitrogens with zero attached hydrogens (tertiary/aromatic N) is 1. The summed E-state index contributed by atoms with van der Waals surface area (Å²) < 4.78 is 35.5. The number of rotatable bonds is 34. The molecular formula is C48H88NO6P. The highest BCUT2D eigenvalue weighted by Crippen LogP contribution is 2.38. The second-order valence-corrected chi connectivity index (χ2v) is 19.5. The number of ether oxygens (including phenoxy) is 2. The Labute approximate surface area is 347 Å². The van der Waals surface area contributed by atoms with Crippen LogP contribution in [0.1, 0.15) is 159 Å². The average molecular weight is 806 g/mol. The van der Waals surface area contributed by atoms with Crippen molar-refractivity contribution in [1.82, 2.24) is 0 Å². The molecule has 0 fully saturated rings. The van der Waals surface area contributed by atoms with E-state index in [4.69, 9.17) is 18.5 Å². The zero-order chi connectivity index (χ0) is 42.4. The van der Waals surface area contributed by atoms with Gasteiger partial charge in [0.15, 0.2) is 0 Å². The van der Waals surface area contributed by atoms with Crippen LogP contribution in [0.3, 0.4) is 0 Å². The van der Waals surface area contributed by atoms with Crippen molar-refractivity contribution >= 4 is 7.82 Å². The van der Waals surface area contributed by atoms with Crippen molar-refractivity contribution in [2.75, 3.05) is 60.7 Å². The van der Waals surface area contributed by atoms with Crippen LogP contribution in [0.5, 0.6) is 0 Å². The van der Waals surface area contributed by atoms with Gasteiger partial charge in [-0.15, -0.1) is 0 Å². The molecule has 326 valence electrons. The molecule has 0 aromatic carbocycles. The van der Waals surface area contributed by atoms with E-state index < -0.39 is 13.9 Å². The number of quaternary nitrogens is 1.